The number of thiazole rings is 1. The number of nitrogens with zero attached hydrogens (tertiary/aromatic N) is 4. The van der Waals surface area contributed by atoms with E-state index in [2.05, 4.69) is 39.4 Å². The van der Waals surface area contributed by atoms with Gasteiger partial charge in [-0.25, -0.2) is 4.98 Å². The number of nitrogens with one attached hydrogen (secondary N) is 2. The molecule has 3 heterocycles. The van der Waals surface area contributed by atoms with E-state index in [0.717, 1.165) is 49.5 Å². The Hall–Kier alpha value is -1.64. The predicted octanol–water partition coefficient (Wildman–Crippen LogP) is 1.17. The molecule has 3 rings (SSSR count). The van der Waals surface area contributed by atoms with Crippen LogP contribution in [0.15, 0.2) is 22.8 Å². The number of fused-ring (bicyclic) bond motifs is 1. The smallest absolute Gasteiger partial charge is 0.193 e. The van der Waals surface area contributed by atoms with Gasteiger partial charge in [0.25, 0.3) is 0 Å². The number of hydrogen-bond acceptors (Lipinski definition) is 5. The molecule has 0 aromatic carbocycles. The lowest BCUT2D eigenvalue weighted by atomic mass is 10.0. The fourth-order valence-corrected chi connectivity index (χ4v) is 3.56. The van der Waals surface area contributed by atoms with Crippen molar-refractivity contribution in [2.24, 2.45) is 4.99 Å². The van der Waals surface area contributed by atoms with Crippen molar-refractivity contribution in [2.45, 2.75) is 25.9 Å². The zero-order valence-corrected chi connectivity index (χ0v) is 15.4. The quantitative estimate of drug-likeness (QED) is 0.626. The first-order chi connectivity index (χ1) is 11.6. The standard InChI is InChI=1S/C16H26N6OS/c1-16(2,22-4-7-23-8-5-22)12-19-14(17-3)18-10-13-11-21-6-9-24-15(21)20-13/h6,9,11H,4-5,7-8,10,12H2,1-3H3,(H2,17,18,19). The summed E-state index contributed by atoms with van der Waals surface area (Å²) < 4.78 is 7.48. The number of morpholine rings is 1. The third kappa shape index (κ3) is 4.06. The van der Waals surface area contributed by atoms with Gasteiger partial charge in [-0.3, -0.25) is 14.3 Å². The molecule has 2 aromatic rings. The minimum absolute atomic E-state index is 0.0540. The fraction of sp³-hybridized carbons (Fsp3) is 0.625. The van der Waals surface area contributed by atoms with E-state index in [1.165, 1.54) is 0 Å². The topological polar surface area (TPSA) is 66.2 Å². The first kappa shape index (κ1) is 17.2. The summed E-state index contributed by atoms with van der Waals surface area (Å²) in [6, 6.07) is 0. The maximum absolute atomic E-state index is 5.44. The van der Waals surface area contributed by atoms with Crippen LogP contribution in [-0.2, 0) is 11.3 Å². The Morgan fingerprint density at radius 1 is 1.38 bits per heavy atom. The van der Waals surface area contributed by atoms with Gasteiger partial charge in [-0.2, -0.15) is 0 Å². The molecule has 0 aliphatic carbocycles. The zero-order chi connectivity index (χ0) is 17.0. The first-order valence-electron chi connectivity index (χ1n) is 8.27. The molecule has 0 saturated carbocycles. The Morgan fingerprint density at radius 3 is 2.88 bits per heavy atom. The minimum atomic E-state index is 0.0540. The molecule has 0 atom stereocenters. The van der Waals surface area contributed by atoms with Crippen molar-refractivity contribution < 1.29 is 4.74 Å². The van der Waals surface area contributed by atoms with Gasteiger partial charge in [-0.05, 0) is 13.8 Å². The Morgan fingerprint density at radius 2 is 2.17 bits per heavy atom. The molecule has 1 aliphatic rings. The molecule has 1 fully saturated rings. The molecule has 132 valence electrons. The number of aliphatic imine (C=N–C) groups is 1. The molecule has 8 heteroatoms. The summed E-state index contributed by atoms with van der Waals surface area (Å²) in [6.45, 7) is 9.57. The van der Waals surface area contributed by atoms with Crippen molar-refractivity contribution >= 4 is 22.3 Å². The highest BCUT2D eigenvalue weighted by Gasteiger charge is 2.28. The van der Waals surface area contributed by atoms with Crippen LogP contribution in [0.5, 0.6) is 0 Å². The highest BCUT2D eigenvalue weighted by Crippen LogP contribution is 2.15. The van der Waals surface area contributed by atoms with E-state index >= 15 is 0 Å². The van der Waals surface area contributed by atoms with Crippen LogP contribution in [0.2, 0.25) is 0 Å². The molecule has 7 nitrogen and oxygen atoms in total. The number of aromatic nitrogens is 2. The molecule has 0 bridgehead atoms. The van der Waals surface area contributed by atoms with E-state index in [1.807, 2.05) is 22.2 Å². The van der Waals surface area contributed by atoms with Crippen LogP contribution < -0.4 is 10.6 Å². The highest BCUT2D eigenvalue weighted by atomic mass is 32.1. The molecule has 2 N–H and O–H groups in total. The molecule has 0 amide bonds. The monoisotopic (exact) mass is 350 g/mol. The van der Waals surface area contributed by atoms with Gasteiger partial charge in [0.2, 0.25) is 0 Å². The number of hydrogen-bond donors (Lipinski definition) is 2. The van der Waals surface area contributed by atoms with Crippen molar-refractivity contribution in [3.8, 4) is 0 Å². The summed E-state index contributed by atoms with van der Waals surface area (Å²) in [7, 11) is 1.79. The zero-order valence-electron chi connectivity index (χ0n) is 14.6. The van der Waals surface area contributed by atoms with Crippen LogP contribution in [0.4, 0.5) is 0 Å². The van der Waals surface area contributed by atoms with Gasteiger partial charge in [0.15, 0.2) is 10.9 Å². The summed E-state index contributed by atoms with van der Waals surface area (Å²) in [6.07, 6.45) is 4.07. The van der Waals surface area contributed by atoms with Gasteiger partial charge in [0, 0.05) is 50.0 Å². The SMILES string of the molecule is CN=C(NCc1cn2ccsc2n1)NCC(C)(C)N1CCOCC1. The molecule has 24 heavy (non-hydrogen) atoms. The fourth-order valence-electron chi connectivity index (χ4n) is 2.84. The van der Waals surface area contributed by atoms with Crippen molar-refractivity contribution in [2.75, 3.05) is 39.9 Å². The summed E-state index contributed by atoms with van der Waals surface area (Å²) in [4.78, 5) is 12.4. The Bertz CT molecular complexity index is 657. The summed E-state index contributed by atoms with van der Waals surface area (Å²) in [5.74, 6) is 0.799. The van der Waals surface area contributed by atoms with Gasteiger partial charge in [0.1, 0.15) is 0 Å². The molecular weight excluding hydrogens is 324 g/mol. The third-order valence-electron chi connectivity index (χ3n) is 4.36. The lowest BCUT2D eigenvalue weighted by molar-refractivity contribution is -0.00834. The molecule has 1 saturated heterocycles. The van der Waals surface area contributed by atoms with E-state index in [-0.39, 0.29) is 5.54 Å². The van der Waals surface area contributed by atoms with E-state index in [9.17, 15) is 0 Å². The number of ether oxygens (including phenoxy) is 1. The van der Waals surface area contributed by atoms with Gasteiger partial charge in [0.05, 0.1) is 25.5 Å². The van der Waals surface area contributed by atoms with Gasteiger partial charge in [-0.1, -0.05) is 0 Å². The summed E-state index contributed by atoms with van der Waals surface area (Å²) >= 11 is 1.64. The average molecular weight is 350 g/mol. The first-order valence-corrected chi connectivity index (χ1v) is 9.15. The Kier molecular flexibility index (Phi) is 5.37. The maximum atomic E-state index is 5.44. The second-order valence-electron chi connectivity index (χ2n) is 6.52. The van der Waals surface area contributed by atoms with Crippen molar-refractivity contribution in [3.63, 3.8) is 0 Å². The highest BCUT2D eigenvalue weighted by molar-refractivity contribution is 7.15. The molecule has 0 spiro atoms. The van der Waals surface area contributed by atoms with Crippen molar-refractivity contribution in [1.29, 1.82) is 0 Å². The Balaban J connectivity index is 1.50. The molecular formula is C16H26N6OS. The van der Waals surface area contributed by atoms with Gasteiger partial charge in [-0.15, -0.1) is 11.3 Å². The number of guanidine groups is 1. The lowest BCUT2D eigenvalue weighted by Crippen LogP contribution is -2.56. The lowest BCUT2D eigenvalue weighted by Gasteiger charge is -2.41. The Labute approximate surface area is 146 Å². The van der Waals surface area contributed by atoms with Gasteiger partial charge >= 0.3 is 0 Å². The largest absolute Gasteiger partial charge is 0.379 e. The maximum Gasteiger partial charge on any atom is 0.193 e. The predicted molar refractivity (Wildman–Crippen MR) is 97.7 cm³/mol. The van der Waals surface area contributed by atoms with E-state index in [1.54, 1.807) is 18.4 Å². The molecule has 0 unspecified atom stereocenters. The molecule has 2 aromatic heterocycles. The van der Waals surface area contributed by atoms with Gasteiger partial charge < -0.3 is 15.4 Å². The number of imidazole rings is 1. The van der Waals surface area contributed by atoms with E-state index < -0.39 is 0 Å². The van der Waals surface area contributed by atoms with Crippen LogP contribution in [0.3, 0.4) is 0 Å². The molecule has 0 radical (unpaired) electrons. The van der Waals surface area contributed by atoms with Crippen LogP contribution in [-0.4, -0.2) is 65.7 Å². The van der Waals surface area contributed by atoms with Crippen LogP contribution in [0.1, 0.15) is 19.5 Å². The second-order valence-corrected chi connectivity index (χ2v) is 7.39. The second kappa shape index (κ2) is 7.50. The van der Waals surface area contributed by atoms with Crippen molar-refractivity contribution in [1.82, 2.24) is 24.9 Å². The van der Waals surface area contributed by atoms with E-state index in [4.69, 9.17) is 4.74 Å². The minimum Gasteiger partial charge on any atom is -0.379 e. The average Bonchev–Trinajstić information content (AvgIpc) is 3.17. The summed E-state index contributed by atoms with van der Waals surface area (Å²) in [5.41, 5.74) is 1.07. The van der Waals surface area contributed by atoms with Crippen LogP contribution in [0, 0.1) is 0 Å². The molecule has 1 aliphatic heterocycles. The third-order valence-corrected chi connectivity index (χ3v) is 5.13. The number of rotatable bonds is 5. The van der Waals surface area contributed by atoms with Crippen LogP contribution >= 0.6 is 11.3 Å². The normalized spacial score (nSPS) is 17.4. The summed E-state index contributed by atoms with van der Waals surface area (Å²) in [5, 5.41) is 8.80. The van der Waals surface area contributed by atoms with Crippen LogP contribution in [0.25, 0.3) is 4.96 Å². The van der Waals surface area contributed by atoms with E-state index in [0.29, 0.717) is 6.54 Å². The van der Waals surface area contributed by atoms with Crippen molar-refractivity contribution in [3.05, 3.63) is 23.5 Å².